The highest BCUT2D eigenvalue weighted by atomic mass is 19.4. The number of alkyl halides is 3. The monoisotopic (exact) mass is 341 g/mol. The summed E-state index contributed by atoms with van der Waals surface area (Å²) in [5.74, 6) is -0.381. The van der Waals surface area contributed by atoms with Crippen LogP contribution in [0.4, 0.5) is 13.2 Å². The first-order valence-electron chi connectivity index (χ1n) is 8.46. The van der Waals surface area contributed by atoms with Crippen molar-refractivity contribution in [3.05, 3.63) is 35.4 Å². The predicted molar refractivity (Wildman–Crippen MR) is 83.5 cm³/mol. The highest BCUT2D eigenvalue weighted by Gasteiger charge is 2.41. The molecule has 1 atom stereocenters. The molecule has 1 aliphatic heterocycles. The van der Waals surface area contributed by atoms with Crippen molar-refractivity contribution >= 4 is 5.91 Å². The van der Waals surface area contributed by atoms with Gasteiger partial charge in [-0.05, 0) is 30.9 Å². The molecule has 6 heteroatoms. The summed E-state index contributed by atoms with van der Waals surface area (Å²) < 4.78 is 44.9. The smallest absolute Gasteiger partial charge is 0.373 e. The number of nitrogens with one attached hydrogen (secondary N) is 1. The van der Waals surface area contributed by atoms with E-state index in [1.165, 1.54) is 24.6 Å². The molecule has 0 aromatic heterocycles. The lowest BCUT2D eigenvalue weighted by molar-refractivity contribution is -0.138. The van der Waals surface area contributed by atoms with Crippen molar-refractivity contribution < 1.29 is 22.7 Å². The van der Waals surface area contributed by atoms with Crippen molar-refractivity contribution in [3.63, 3.8) is 0 Å². The van der Waals surface area contributed by atoms with Crippen LogP contribution >= 0.6 is 0 Å². The minimum Gasteiger partial charge on any atom is -0.373 e. The number of ether oxygens (including phenoxy) is 1. The summed E-state index contributed by atoms with van der Waals surface area (Å²) in [6.07, 6.45) is 1.57. The van der Waals surface area contributed by atoms with Crippen molar-refractivity contribution in [2.45, 2.75) is 62.8 Å². The maximum atomic E-state index is 13.0. The molecule has 24 heavy (non-hydrogen) atoms. The number of carbonyl (C=O) groups is 1. The lowest BCUT2D eigenvalue weighted by Crippen LogP contribution is -2.38. The first-order chi connectivity index (χ1) is 11.4. The summed E-state index contributed by atoms with van der Waals surface area (Å²) in [7, 11) is 0. The molecule has 1 saturated carbocycles. The fourth-order valence-electron chi connectivity index (χ4n) is 3.88. The molecule has 2 fully saturated rings. The van der Waals surface area contributed by atoms with Gasteiger partial charge in [0.25, 0.3) is 0 Å². The van der Waals surface area contributed by atoms with Gasteiger partial charge in [0.15, 0.2) is 0 Å². The highest BCUT2D eigenvalue weighted by Crippen LogP contribution is 2.39. The second-order valence-corrected chi connectivity index (χ2v) is 6.85. The first-order valence-corrected chi connectivity index (χ1v) is 8.46. The van der Waals surface area contributed by atoms with Crippen LogP contribution in [0.5, 0.6) is 0 Å². The molecule has 1 spiro atoms. The topological polar surface area (TPSA) is 38.3 Å². The molecular formula is C18H22F3NO2. The number of hydrogen-bond donors (Lipinski definition) is 1. The molecule has 1 saturated heterocycles. The Kier molecular flexibility index (Phi) is 4.85. The van der Waals surface area contributed by atoms with Gasteiger partial charge in [-0.25, -0.2) is 0 Å². The summed E-state index contributed by atoms with van der Waals surface area (Å²) in [5, 5.41) is 2.85. The van der Waals surface area contributed by atoms with E-state index < -0.39 is 11.7 Å². The molecule has 0 bridgehead atoms. The fourth-order valence-corrected chi connectivity index (χ4v) is 3.88. The minimum absolute atomic E-state index is 0.00814. The standard InChI is InChI=1S/C18H22F3NO2/c19-18(20,21)15-7-3-2-6-13(15)10-16(23)22-14-11-17(24-12-14)8-4-1-5-9-17/h2-3,6-7,14H,1,4-5,8-12H2,(H,22,23)/t14-/m0/s1. The van der Waals surface area contributed by atoms with Gasteiger partial charge in [0.1, 0.15) is 0 Å². The molecule has 1 aromatic rings. The summed E-state index contributed by atoms with van der Waals surface area (Å²) in [6.45, 7) is 0.451. The molecule has 0 unspecified atom stereocenters. The van der Waals surface area contributed by atoms with E-state index in [4.69, 9.17) is 4.74 Å². The molecule has 1 aliphatic carbocycles. The maximum absolute atomic E-state index is 13.0. The second-order valence-electron chi connectivity index (χ2n) is 6.85. The molecule has 132 valence electrons. The van der Waals surface area contributed by atoms with Gasteiger partial charge < -0.3 is 10.1 Å². The van der Waals surface area contributed by atoms with E-state index in [1.807, 2.05) is 0 Å². The van der Waals surface area contributed by atoms with E-state index in [1.54, 1.807) is 0 Å². The van der Waals surface area contributed by atoms with Gasteiger partial charge in [-0.15, -0.1) is 0 Å². The highest BCUT2D eigenvalue weighted by molar-refractivity contribution is 5.79. The molecule has 1 N–H and O–H groups in total. The SMILES string of the molecule is O=C(Cc1ccccc1C(F)(F)F)N[C@@H]1COC2(CCCCC2)C1. The van der Waals surface area contributed by atoms with E-state index in [9.17, 15) is 18.0 Å². The molecule has 1 amide bonds. The van der Waals surface area contributed by atoms with Crippen LogP contribution in [0.2, 0.25) is 0 Å². The number of benzene rings is 1. The Hall–Kier alpha value is -1.56. The third-order valence-electron chi connectivity index (χ3n) is 5.01. The van der Waals surface area contributed by atoms with Crippen molar-refractivity contribution in [2.24, 2.45) is 0 Å². The zero-order chi connectivity index (χ0) is 17.2. The zero-order valence-corrected chi connectivity index (χ0v) is 13.5. The summed E-state index contributed by atoms with van der Waals surface area (Å²) in [4.78, 5) is 12.2. The van der Waals surface area contributed by atoms with Gasteiger partial charge in [0, 0.05) is 0 Å². The fraction of sp³-hybridized carbons (Fsp3) is 0.611. The first kappa shape index (κ1) is 17.3. The number of amides is 1. The van der Waals surface area contributed by atoms with Crippen LogP contribution in [-0.4, -0.2) is 24.2 Å². The average molecular weight is 341 g/mol. The Bertz CT molecular complexity index is 594. The number of halogens is 3. The Balaban J connectivity index is 1.59. The zero-order valence-electron chi connectivity index (χ0n) is 13.5. The van der Waals surface area contributed by atoms with Crippen LogP contribution in [0.15, 0.2) is 24.3 Å². The molecule has 3 nitrogen and oxygen atoms in total. The van der Waals surface area contributed by atoms with Crippen LogP contribution in [-0.2, 0) is 22.1 Å². The summed E-state index contributed by atoms with van der Waals surface area (Å²) >= 11 is 0. The summed E-state index contributed by atoms with van der Waals surface area (Å²) in [6, 6.07) is 5.12. The average Bonchev–Trinajstić information content (AvgIpc) is 2.89. The normalized spacial score (nSPS) is 23.4. The largest absolute Gasteiger partial charge is 0.416 e. The van der Waals surface area contributed by atoms with Crippen molar-refractivity contribution in [2.75, 3.05) is 6.61 Å². The molecule has 0 radical (unpaired) electrons. The molecular weight excluding hydrogens is 319 g/mol. The second kappa shape index (κ2) is 6.75. The van der Waals surface area contributed by atoms with Crippen LogP contribution < -0.4 is 5.32 Å². The third-order valence-corrected chi connectivity index (χ3v) is 5.01. The van der Waals surface area contributed by atoms with Crippen molar-refractivity contribution in [1.29, 1.82) is 0 Å². The predicted octanol–water partition coefficient (Wildman–Crippen LogP) is 3.86. The van der Waals surface area contributed by atoms with Crippen LogP contribution in [0.1, 0.15) is 49.7 Å². The van der Waals surface area contributed by atoms with Gasteiger partial charge >= 0.3 is 6.18 Å². The van der Waals surface area contributed by atoms with E-state index in [0.717, 1.165) is 38.2 Å². The van der Waals surface area contributed by atoms with Gasteiger partial charge in [-0.3, -0.25) is 4.79 Å². The lowest BCUT2D eigenvalue weighted by atomic mass is 9.82. The van der Waals surface area contributed by atoms with Gasteiger partial charge in [-0.2, -0.15) is 13.2 Å². The van der Waals surface area contributed by atoms with Crippen LogP contribution in [0.25, 0.3) is 0 Å². The molecule has 3 rings (SSSR count). The van der Waals surface area contributed by atoms with E-state index >= 15 is 0 Å². The Morgan fingerprint density at radius 1 is 1.21 bits per heavy atom. The number of rotatable bonds is 3. The van der Waals surface area contributed by atoms with Gasteiger partial charge in [0.2, 0.25) is 5.91 Å². The number of hydrogen-bond acceptors (Lipinski definition) is 2. The molecule has 1 aromatic carbocycles. The van der Waals surface area contributed by atoms with Crippen LogP contribution in [0.3, 0.4) is 0 Å². The maximum Gasteiger partial charge on any atom is 0.416 e. The van der Waals surface area contributed by atoms with Gasteiger partial charge in [-0.1, -0.05) is 37.5 Å². The van der Waals surface area contributed by atoms with E-state index in [2.05, 4.69) is 5.32 Å². The minimum atomic E-state index is -4.44. The molecule has 2 aliphatic rings. The Labute approximate surface area is 139 Å². The third kappa shape index (κ3) is 3.91. The van der Waals surface area contributed by atoms with E-state index in [-0.39, 0.29) is 29.5 Å². The molecule has 1 heterocycles. The van der Waals surface area contributed by atoms with Crippen molar-refractivity contribution in [3.8, 4) is 0 Å². The lowest BCUT2D eigenvalue weighted by Gasteiger charge is -2.32. The Morgan fingerprint density at radius 2 is 1.92 bits per heavy atom. The van der Waals surface area contributed by atoms with Gasteiger partial charge in [0.05, 0.1) is 30.2 Å². The summed E-state index contributed by atoms with van der Waals surface area (Å²) in [5.41, 5.74) is -0.861. The number of carbonyl (C=O) groups excluding carboxylic acids is 1. The van der Waals surface area contributed by atoms with Crippen molar-refractivity contribution in [1.82, 2.24) is 5.32 Å². The quantitative estimate of drug-likeness (QED) is 0.907. The Morgan fingerprint density at radius 3 is 2.62 bits per heavy atom. The van der Waals surface area contributed by atoms with E-state index in [0.29, 0.717) is 6.61 Å². The van der Waals surface area contributed by atoms with Crippen LogP contribution in [0, 0.1) is 0 Å².